The lowest BCUT2D eigenvalue weighted by atomic mass is 10.1. The summed E-state index contributed by atoms with van der Waals surface area (Å²) in [6.45, 7) is 2.85. The van der Waals surface area contributed by atoms with Crippen molar-refractivity contribution in [3.63, 3.8) is 0 Å². The van der Waals surface area contributed by atoms with Gasteiger partial charge >= 0.3 is 0 Å². The predicted molar refractivity (Wildman–Crippen MR) is 65.7 cm³/mol. The molecule has 0 bridgehead atoms. The number of ether oxygens (including phenoxy) is 1. The molecule has 0 aromatic heterocycles. The van der Waals surface area contributed by atoms with Crippen molar-refractivity contribution in [2.45, 2.75) is 25.8 Å². The highest BCUT2D eigenvalue weighted by Crippen LogP contribution is 2.27. The Kier molecular flexibility index (Phi) is 5.94. The molecule has 1 unspecified atom stereocenters. The van der Waals surface area contributed by atoms with E-state index in [4.69, 9.17) is 9.84 Å². The van der Waals surface area contributed by atoms with Gasteiger partial charge in [-0.3, -0.25) is 0 Å². The first kappa shape index (κ1) is 13.9. The number of hydrogen-bond acceptors (Lipinski definition) is 3. The first-order valence-electron chi connectivity index (χ1n) is 5.87. The molecule has 1 atom stereocenters. The van der Waals surface area contributed by atoms with Crippen molar-refractivity contribution in [3.8, 4) is 5.75 Å². The van der Waals surface area contributed by atoms with Gasteiger partial charge in [-0.1, -0.05) is 6.07 Å². The fourth-order valence-electron chi connectivity index (χ4n) is 1.77. The minimum absolute atomic E-state index is 0.107. The molecule has 0 aliphatic heterocycles. The molecule has 17 heavy (non-hydrogen) atoms. The van der Waals surface area contributed by atoms with Gasteiger partial charge in [0.05, 0.1) is 7.11 Å². The largest absolute Gasteiger partial charge is 0.496 e. The van der Waals surface area contributed by atoms with E-state index in [1.165, 1.54) is 13.2 Å². The fraction of sp³-hybridized carbons (Fsp3) is 0.538. The van der Waals surface area contributed by atoms with Crippen LogP contribution in [0.25, 0.3) is 0 Å². The van der Waals surface area contributed by atoms with E-state index in [2.05, 4.69) is 5.32 Å². The maximum Gasteiger partial charge on any atom is 0.131 e. The van der Waals surface area contributed by atoms with Crippen LogP contribution in [0.3, 0.4) is 0 Å². The molecule has 0 amide bonds. The lowest BCUT2D eigenvalue weighted by molar-refractivity contribution is 0.282. The van der Waals surface area contributed by atoms with Crippen molar-refractivity contribution in [2.75, 3.05) is 20.3 Å². The third-order valence-electron chi connectivity index (χ3n) is 2.70. The van der Waals surface area contributed by atoms with Gasteiger partial charge < -0.3 is 15.2 Å². The second-order valence-electron chi connectivity index (χ2n) is 3.96. The van der Waals surface area contributed by atoms with Crippen molar-refractivity contribution in [1.29, 1.82) is 0 Å². The van der Waals surface area contributed by atoms with Crippen LogP contribution in [0.5, 0.6) is 5.75 Å². The average Bonchev–Trinajstić information content (AvgIpc) is 2.34. The van der Waals surface area contributed by atoms with E-state index in [0.29, 0.717) is 11.3 Å². The molecule has 0 spiro atoms. The van der Waals surface area contributed by atoms with Gasteiger partial charge in [-0.2, -0.15) is 0 Å². The summed E-state index contributed by atoms with van der Waals surface area (Å²) < 4.78 is 18.9. The number of methoxy groups -OCH3 is 1. The Bertz CT molecular complexity index is 344. The minimum atomic E-state index is -0.258. The van der Waals surface area contributed by atoms with Crippen LogP contribution in [0.15, 0.2) is 18.2 Å². The number of nitrogens with one attached hydrogen (secondary N) is 1. The Morgan fingerprint density at radius 2 is 2.18 bits per heavy atom. The molecular weight excluding hydrogens is 221 g/mol. The van der Waals surface area contributed by atoms with Crippen LogP contribution in [0.4, 0.5) is 4.39 Å². The minimum Gasteiger partial charge on any atom is -0.496 e. The molecule has 0 heterocycles. The van der Waals surface area contributed by atoms with Crippen LogP contribution in [0, 0.1) is 5.82 Å². The molecule has 0 saturated carbocycles. The van der Waals surface area contributed by atoms with Crippen molar-refractivity contribution in [1.82, 2.24) is 5.32 Å². The van der Waals surface area contributed by atoms with E-state index < -0.39 is 0 Å². The molecule has 0 aliphatic carbocycles. The summed E-state index contributed by atoms with van der Waals surface area (Å²) in [5.74, 6) is 0.304. The normalized spacial score (nSPS) is 12.5. The number of halogens is 1. The highest BCUT2D eigenvalue weighted by Gasteiger charge is 2.15. The Hall–Kier alpha value is -1.13. The van der Waals surface area contributed by atoms with Gasteiger partial charge in [-0.25, -0.2) is 4.39 Å². The average molecular weight is 241 g/mol. The van der Waals surface area contributed by atoms with Gasteiger partial charge in [0.15, 0.2) is 0 Å². The molecule has 0 aliphatic rings. The van der Waals surface area contributed by atoms with Gasteiger partial charge in [0.1, 0.15) is 11.6 Å². The number of rotatable bonds is 7. The highest BCUT2D eigenvalue weighted by molar-refractivity contribution is 5.36. The van der Waals surface area contributed by atoms with Gasteiger partial charge in [-0.05, 0) is 38.4 Å². The van der Waals surface area contributed by atoms with Gasteiger partial charge in [0.25, 0.3) is 0 Å². The third-order valence-corrected chi connectivity index (χ3v) is 2.70. The standard InChI is InChI=1S/C13H20FNO2/c1-10(15-8-3-4-9-16)13-11(14)6-5-7-12(13)17-2/h5-7,10,15-16H,3-4,8-9H2,1-2H3. The van der Waals surface area contributed by atoms with Crippen LogP contribution >= 0.6 is 0 Å². The predicted octanol–water partition coefficient (Wildman–Crippen LogP) is 2.26. The zero-order valence-corrected chi connectivity index (χ0v) is 10.4. The first-order chi connectivity index (χ1) is 8.20. The molecule has 4 heteroatoms. The highest BCUT2D eigenvalue weighted by atomic mass is 19.1. The lowest BCUT2D eigenvalue weighted by Gasteiger charge is -2.17. The maximum atomic E-state index is 13.7. The van der Waals surface area contributed by atoms with E-state index in [9.17, 15) is 4.39 Å². The molecule has 0 radical (unpaired) electrons. The Labute approximate surface area is 102 Å². The summed E-state index contributed by atoms with van der Waals surface area (Å²) in [4.78, 5) is 0. The monoisotopic (exact) mass is 241 g/mol. The number of hydrogen-bond donors (Lipinski definition) is 2. The molecule has 0 saturated heterocycles. The molecule has 1 aromatic carbocycles. The van der Waals surface area contributed by atoms with Crippen molar-refractivity contribution < 1.29 is 14.2 Å². The molecule has 0 fully saturated rings. The Morgan fingerprint density at radius 1 is 1.41 bits per heavy atom. The summed E-state index contributed by atoms with van der Waals surface area (Å²) in [6, 6.07) is 4.72. The molecule has 1 rings (SSSR count). The number of unbranched alkanes of at least 4 members (excludes halogenated alkanes) is 1. The second-order valence-corrected chi connectivity index (χ2v) is 3.96. The van der Waals surface area contributed by atoms with Crippen LogP contribution in [0.2, 0.25) is 0 Å². The van der Waals surface area contributed by atoms with E-state index in [1.807, 2.05) is 6.92 Å². The summed E-state index contributed by atoms with van der Waals surface area (Å²) in [5.41, 5.74) is 0.555. The zero-order valence-electron chi connectivity index (χ0n) is 10.4. The molecular formula is C13H20FNO2. The second kappa shape index (κ2) is 7.25. The molecule has 3 nitrogen and oxygen atoms in total. The number of aliphatic hydroxyl groups excluding tert-OH is 1. The summed E-state index contributed by atoms with van der Waals surface area (Å²) in [6.07, 6.45) is 1.63. The summed E-state index contributed by atoms with van der Waals surface area (Å²) in [7, 11) is 1.54. The molecule has 96 valence electrons. The molecule has 1 aromatic rings. The SMILES string of the molecule is COc1cccc(F)c1C(C)NCCCCO. The quantitative estimate of drug-likeness (QED) is 0.719. The van der Waals surface area contributed by atoms with Crippen LogP contribution in [-0.4, -0.2) is 25.4 Å². The van der Waals surface area contributed by atoms with Crippen molar-refractivity contribution in [2.24, 2.45) is 0 Å². The topological polar surface area (TPSA) is 41.5 Å². The fourth-order valence-corrected chi connectivity index (χ4v) is 1.77. The van der Waals surface area contributed by atoms with Gasteiger partial charge in [-0.15, -0.1) is 0 Å². The summed E-state index contributed by atoms with van der Waals surface area (Å²) in [5, 5.41) is 11.9. The number of aliphatic hydroxyl groups is 1. The Balaban J connectivity index is 2.64. The van der Waals surface area contributed by atoms with Crippen LogP contribution < -0.4 is 10.1 Å². The smallest absolute Gasteiger partial charge is 0.131 e. The number of benzene rings is 1. The van der Waals surface area contributed by atoms with E-state index in [1.54, 1.807) is 12.1 Å². The van der Waals surface area contributed by atoms with E-state index in [0.717, 1.165) is 19.4 Å². The zero-order chi connectivity index (χ0) is 12.7. The van der Waals surface area contributed by atoms with E-state index >= 15 is 0 Å². The van der Waals surface area contributed by atoms with Crippen LogP contribution in [0.1, 0.15) is 31.4 Å². The first-order valence-corrected chi connectivity index (χ1v) is 5.87. The molecule has 2 N–H and O–H groups in total. The van der Waals surface area contributed by atoms with Gasteiger partial charge in [0, 0.05) is 18.2 Å². The maximum absolute atomic E-state index is 13.7. The van der Waals surface area contributed by atoms with E-state index in [-0.39, 0.29) is 18.5 Å². The summed E-state index contributed by atoms with van der Waals surface area (Å²) >= 11 is 0. The Morgan fingerprint density at radius 3 is 2.82 bits per heavy atom. The lowest BCUT2D eigenvalue weighted by Crippen LogP contribution is -2.21. The third kappa shape index (κ3) is 3.98. The van der Waals surface area contributed by atoms with Gasteiger partial charge in [0.2, 0.25) is 0 Å². The van der Waals surface area contributed by atoms with Crippen molar-refractivity contribution >= 4 is 0 Å². The van der Waals surface area contributed by atoms with Crippen molar-refractivity contribution in [3.05, 3.63) is 29.6 Å². The van der Waals surface area contributed by atoms with Crippen LogP contribution in [-0.2, 0) is 0 Å².